The van der Waals surface area contributed by atoms with Crippen molar-refractivity contribution in [2.75, 3.05) is 30.5 Å². The van der Waals surface area contributed by atoms with E-state index < -0.39 is 23.8 Å². The van der Waals surface area contributed by atoms with E-state index in [2.05, 4.69) is 10.6 Å². The summed E-state index contributed by atoms with van der Waals surface area (Å²) in [6.07, 6.45) is 1.32. The van der Waals surface area contributed by atoms with Crippen LogP contribution in [0.1, 0.15) is 12.5 Å². The van der Waals surface area contributed by atoms with Gasteiger partial charge in [-0.25, -0.2) is 9.69 Å². The van der Waals surface area contributed by atoms with E-state index in [-0.39, 0.29) is 23.6 Å². The van der Waals surface area contributed by atoms with Crippen molar-refractivity contribution >= 4 is 41.2 Å². The number of hydrogen-bond acceptors (Lipinski definition) is 7. The Bertz CT molecular complexity index is 1380. The Hall–Kier alpha value is -5.12. The van der Waals surface area contributed by atoms with Gasteiger partial charge in [0.15, 0.2) is 6.61 Å². The highest BCUT2D eigenvalue weighted by Crippen LogP contribution is 2.27. The molecule has 0 atom stereocenters. The van der Waals surface area contributed by atoms with Crippen LogP contribution in [0, 0.1) is 0 Å². The smallest absolute Gasteiger partial charge is 0.335 e. The second kappa shape index (κ2) is 11.7. The van der Waals surface area contributed by atoms with Gasteiger partial charge in [-0.2, -0.15) is 0 Å². The lowest BCUT2D eigenvalue weighted by Crippen LogP contribution is -2.54. The Labute approximate surface area is 218 Å². The first-order valence-corrected chi connectivity index (χ1v) is 11.7. The van der Waals surface area contributed by atoms with Crippen LogP contribution in [0.15, 0.2) is 78.4 Å². The highest BCUT2D eigenvalue weighted by atomic mass is 16.5. The number of carbonyl (C=O) groups excluding carboxylic acids is 4. The van der Waals surface area contributed by atoms with Crippen molar-refractivity contribution in [1.29, 1.82) is 0 Å². The van der Waals surface area contributed by atoms with Crippen LogP contribution in [0.3, 0.4) is 0 Å². The molecule has 0 saturated carbocycles. The molecule has 1 aliphatic heterocycles. The van der Waals surface area contributed by atoms with Crippen LogP contribution < -0.4 is 29.7 Å². The number of carbonyl (C=O) groups is 4. The van der Waals surface area contributed by atoms with Crippen LogP contribution in [0.5, 0.6) is 17.2 Å². The van der Waals surface area contributed by atoms with Gasteiger partial charge in [0.1, 0.15) is 22.8 Å². The third-order valence-corrected chi connectivity index (χ3v) is 5.46. The molecule has 3 aromatic rings. The van der Waals surface area contributed by atoms with Gasteiger partial charge >= 0.3 is 6.03 Å². The van der Waals surface area contributed by atoms with E-state index in [9.17, 15) is 19.2 Å². The number of urea groups is 1. The number of nitrogens with zero attached hydrogens (tertiary/aromatic N) is 1. The summed E-state index contributed by atoms with van der Waals surface area (Å²) in [6.45, 7) is 1.99. The molecule has 0 aromatic heterocycles. The maximum Gasteiger partial charge on any atom is 0.335 e. The van der Waals surface area contributed by atoms with E-state index in [0.29, 0.717) is 29.4 Å². The first kappa shape index (κ1) is 26.0. The van der Waals surface area contributed by atoms with Gasteiger partial charge in [0.2, 0.25) is 0 Å². The second-order valence-corrected chi connectivity index (χ2v) is 7.99. The maximum absolute atomic E-state index is 13.2. The number of barbiturate groups is 1. The van der Waals surface area contributed by atoms with Crippen LogP contribution in [0.2, 0.25) is 0 Å². The molecule has 2 N–H and O–H groups in total. The molecule has 0 radical (unpaired) electrons. The number of hydrogen-bond donors (Lipinski definition) is 2. The molecule has 0 bridgehead atoms. The summed E-state index contributed by atoms with van der Waals surface area (Å²) >= 11 is 0. The molecule has 0 unspecified atom stereocenters. The molecule has 1 fully saturated rings. The first-order valence-electron chi connectivity index (χ1n) is 11.7. The number of nitrogens with one attached hydrogen (secondary N) is 2. The summed E-state index contributed by atoms with van der Waals surface area (Å²) in [4.78, 5) is 51.6. The minimum absolute atomic E-state index is 0.266. The number of ether oxygens (including phenoxy) is 3. The van der Waals surface area contributed by atoms with Crippen molar-refractivity contribution in [2.45, 2.75) is 6.92 Å². The van der Waals surface area contributed by atoms with E-state index in [1.165, 1.54) is 6.08 Å². The van der Waals surface area contributed by atoms with Crippen molar-refractivity contribution in [2.24, 2.45) is 0 Å². The minimum atomic E-state index is -0.860. The molecular weight excluding hydrogens is 490 g/mol. The van der Waals surface area contributed by atoms with Crippen LogP contribution >= 0.6 is 0 Å². The molecule has 5 amide bonds. The molecule has 0 aliphatic carbocycles. The number of amides is 5. The van der Waals surface area contributed by atoms with E-state index in [4.69, 9.17) is 14.2 Å². The van der Waals surface area contributed by atoms with Crippen LogP contribution in [-0.2, 0) is 14.4 Å². The number of benzene rings is 3. The van der Waals surface area contributed by atoms with Crippen LogP contribution in [0.25, 0.3) is 6.08 Å². The Morgan fingerprint density at radius 2 is 1.61 bits per heavy atom. The Morgan fingerprint density at radius 3 is 2.29 bits per heavy atom. The molecule has 1 heterocycles. The predicted molar refractivity (Wildman–Crippen MR) is 140 cm³/mol. The van der Waals surface area contributed by atoms with Gasteiger partial charge in [0.05, 0.1) is 19.4 Å². The monoisotopic (exact) mass is 515 g/mol. The summed E-state index contributed by atoms with van der Waals surface area (Å²) in [5.74, 6) is -0.532. The molecule has 4 rings (SSSR count). The fourth-order valence-electron chi connectivity index (χ4n) is 3.65. The van der Waals surface area contributed by atoms with E-state index in [1.807, 2.05) is 6.92 Å². The zero-order chi connectivity index (χ0) is 27.1. The topological polar surface area (TPSA) is 123 Å². The maximum atomic E-state index is 13.2. The first-order chi connectivity index (χ1) is 18.4. The molecule has 10 nitrogen and oxygen atoms in total. The van der Waals surface area contributed by atoms with Crippen LogP contribution in [0.4, 0.5) is 16.2 Å². The van der Waals surface area contributed by atoms with Crippen molar-refractivity contribution in [3.8, 4) is 17.2 Å². The van der Waals surface area contributed by atoms with E-state index in [1.54, 1.807) is 79.9 Å². The molecule has 1 aliphatic rings. The Kier molecular flexibility index (Phi) is 8.02. The van der Waals surface area contributed by atoms with Gasteiger partial charge in [-0.1, -0.05) is 18.2 Å². The van der Waals surface area contributed by atoms with Gasteiger partial charge in [-0.3, -0.25) is 19.7 Å². The average Bonchev–Trinajstić information content (AvgIpc) is 2.92. The molecule has 194 valence electrons. The van der Waals surface area contributed by atoms with E-state index in [0.717, 1.165) is 4.90 Å². The third kappa shape index (κ3) is 5.98. The lowest BCUT2D eigenvalue weighted by molar-refractivity contribution is -0.122. The third-order valence-electron chi connectivity index (χ3n) is 5.46. The molecule has 38 heavy (non-hydrogen) atoms. The fraction of sp³-hybridized carbons (Fsp3) is 0.143. The quantitative estimate of drug-likeness (QED) is 0.328. The predicted octanol–water partition coefficient (Wildman–Crippen LogP) is 3.78. The molecule has 3 aromatic carbocycles. The van der Waals surface area contributed by atoms with Crippen molar-refractivity contribution < 1.29 is 33.4 Å². The van der Waals surface area contributed by atoms with E-state index >= 15 is 0 Å². The molecule has 1 saturated heterocycles. The molecule has 0 spiro atoms. The van der Waals surface area contributed by atoms with Gasteiger partial charge in [-0.05, 0) is 67.6 Å². The molecular formula is C28H25N3O7. The number of anilines is 2. The van der Waals surface area contributed by atoms with Gasteiger partial charge in [0, 0.05) is 11.3 Å². The SMILES string of the molecule is CCOc1ccc(N2C(=O)NC(=O)/C(=C\c3ccccc3OCC(=O)Nc3ccc(OC)cc3)C2=O)cc1. The number of methoxy groups -OCH3 is 1. The second-order valence-electron chi connectivity index (χ2n) is 7.99. The lowest BCUT2D eigenvalue weighted by atomic mass is 10.1. The Morgan fingerprint density at radius 1 is 0.921 bits per heavy atom. The lowest BCUT2D eigenvalue weighted by Gasteiger charge is -2.26. The number of imide groups is 2. The summed E-state index contributed by atoms with van der Waals surface area (Å²) in [5, 5.41) is 4.90. The number of para-hydroxylation sites is 1. The van der Waals surface area contributed by atoms with Crippen molar-refractivity contribution in [3.05, 3.63) is 83.9 Å². The standard InChI is InChI=1S/C28H25N3O7/c1-3-37-22-14-10-20(11-15-22)31-27(34)23(26(33)30-28(31)35)16-18-6-4-5-7-24(18)38-17-25(32)29-19-8-12-21(36-2)13-9-19/h4-16H,3,17H2,1-2H3,(H,29,32)(H,30,33,35)/b23-16+. The molecule has 10 heteroatoms. The Balaban J connectivity index is 1.51. The zero-order valence-electron chi connectivity index (χ0n) is 20.7. The largest absolute Gasteiger partial charge is 0.497 e. The summed E-state index contributed by atoms with van der Waals surface area (Å²) < 4.78 is 16.2. The normalized spacial score (nSPS) is 14.2. The van der Waals surface area contributed by atoms with Crippen LogP contribution in [-0.4, -0.2) is 44.1 Å². The highest BCUT2D eigenvalue weighted by Gasteiger charge is 2.37. The fourth-order valence-corrected chi connectivity index (χ4v) is 3.65. The number of rotatable bonds is 9. The van der Waals surface area contributed by atoms with Gasteiger partial charge in [0.25, 0.3) is 17.7 Å². The highest BCUT2D eigenvalue weighted by molar-refractivity contribution is 6.39. The minimum Gasteiger partial charge on any atom is -0.497 e. The van der Waals surface area contributed by atoms with Crippen molar-refractivity contribution in [3.63, 3.8) is 0 Å². The van der Waals surface area contributed by atoms with Gasteiger partial charge < -0.3 is 19.5 Å². The summed E-state index contributed by atoms with van der Waals surface area (Å²) in [7, 11) is 1.55. The van der Waals surface area contributed by atoms with Gasteiger partial charge in [-0.15, -0.1) is 0 Å². The summed E-state index contributed by atoms with van der Waals surface area (Å²) in [6, 6.07) is 18.9. The summed E-state index contributed by atoms with van der Waals surface area (Å²) in [5.41, 5.74) is 0.953. The van der Waals surface area contributed by atoms with Crippen molar-refractivity contribution in [1.82, 2.24) is 5.32 Å². The zero-order valence-corrected chi connectivity index (χ0v) is 20.7. The average molecular weight is 516 g/mol.